The van der Waals surface area contributed by atoms with Gasteiger partial charge in [-0.15, -0.1) is 6.58 Å². The third kappa shape index (κ3) is 4.79. The lowest BCUT2D eigenvalue weighted by Gasteiger charge is -2.32. The average Bonchev–Trinajstić information content (AvgIpc) is 2.41. The molecule has 0 aliphatic rings. The number of anilines is 1. The lowest BCUT2D eigenvalue weighted by molar-refractivity contribution is -0.135. The van der Waals surface area contributed by atoms with Crippen molar-refractivity contribution < 1.29 is 14.7 Å². The number of amides is 2. The summed E-state index contributed by atoms with van der Waals surface area (Å²) in [5.74, 6) is -1.09. The fourth-order valence-electron chi connectivity index (χ4n) is 1.85. The van der Waals surface area contributed by atoms with Crippen LogP contribution in [0.4, 0.5) is 10.5 Å². The highest BCUT2D eigenvalue weighted by molar-refractivity contribution is 6.30. The van der Waals surface area contributed by atoms with E-state index < -0.39 is 18.5 Å². The Balaban J connectivity index is 3.14. The van der Waals surface area contributed by atoms with Crippen molar-refractivity contribution in [2.24, 2.45) is 0 Å². The van der Waals surface area contributed by atoms with Crippen LogP contribution < -0.4 is 4.90 Å². The Morgan fingerprint density at radius 1 is 1.43 bits per heavy atom. The largest absolute Gasteiger partial charge is 0.480 e. The lowest BCUT2D eigenvalue weighted by Crippen LogP contribution is -2.48. The Kier molecular flexibility index (Phi) is 6.24. The number of nitrogens with zero attached hydrogens (tertiary/aromatic N) is 2. The molecule has 0 unspecified atom stereocenters. The first-order chi connectivity index (χ1) is 9.86. The number of rotatable bonds is 6. The molecule has 0 radical (unpaired) electrons. The smallest absolute Gasteiger partial charge is 0.325 e. The maximum atomic E-state index is 12.6. The molecule has 1 rings (SSSR count). The molecule has 0 aromatic heterocycles. The molecule has 0 aliphatic carbocycles. The van der Waals surface area contributed by atoms with Crippen LogP contribution in [0.3, 0.4) is 0 Å². The summed E-state index contributed by atoms with van der Waals surface area (Å²) in [6.07, 6.45) is 1.61. The van der Waals surface area contributed by atoms with Gasteiger partial charge >= 0.3 is 12.0 Å². The number of aliphatic carboxylic acids is 1. The molecule has 0 bridgehead atoms. The van der Waals surface area contributed by atoms with Gasteiger partial charge in [0.25, 0.3) is 0 Å². The van der Waals surface area contributed by atoms with Crippen LogP contribution in [0.2, 0.25) is 5.02 Å². The van der Waals surface area contributed by atoms with E-state index in [0.717, 1.165) is 0 Å². The quantitative estimate of drug-likeness (QED) is 0.820. The Morgan fingerprint density at radius 3 is 2.57 bits per heavy atom. The number of benzene rings is 1. The Bertz CT molecular complexity index is 531. The van der Waals surface area contributed by atoms with Gasteiger partial charge in [-0.1, -0.05) is 23.7 Å². The summed E-state index contributed by atoms with van der Waals surface area (Å²) in [6.45, 7) is 7.25. The van der Waals surface area contributed by atoms with Crippen molar-refractivity contribution in [3.8, 4) is 0 Å². The number of hydrogen-bond donors (Lipinski definition) is 1. The van der Waals surface area contributed by atoms with Crippen LogP contribution in [0, 0.1) is 0 Å². The van der Waals surface area contributed by atoms with Crippen molar-refractivity contribution in [1.82, 2.24) is 4.90 Å². The maximum absolute atomic E-state index is 12.6. The minimum absolute atomic E-state index is 0.0778. The summed E-state index contributed by atoms with van der Waals surface area (Å²) in [5, 5.41) is 9.49. The van der Waals surface area contributed by atoms with Gasteiger partial charge in [0.1, 0.15) is 6.54 Å². The Labute approximate surface area is 129 Å². The van der Waals surface area contributed by atoms with E-state index in [0.29, 0.717) is 17.3 Å². The summed E-state index contributed by atoms with van der Waals surface area (Å²) < 4.78 is 0. The SMILES string of the molecule is C=CCN(C(=O)N(CC(=O)O)c1cccc(Cl)c1)C(C)C. The molecule has 1 N–H and O–H groups in total. The molecule has 0 heterocycles. The van der Waals surface area contributed by atoms with Gasteiger partial charge < -0.3 is 10.0 Å². The number of carboxylic acid groups (broad SMARTS) is 1. The van der Waals surface area contributed by atoms with E-state index in [2.05, 4.69) is 6.58 Å². The van der Waals surface area contributed by atoms with E-state index in [1.54, 1.807) is 30.3 Å². The highest BCUT2D eigenvalue weighted by Gasteiger charge is 2.25. The minimum atomic E-state index is -1.09. The molecule has 1 aromatic rings. The van der Waals surface area contributed by atoms with E-state index >= 15 is 0 Å². The zero-order valence-corrected chi connectivity index (χ0v) is 12.9. The summed E-state index contributed by atoms with van der Waals surface area (Å²) in [6, 6.07) is 6.08. The van der Waals surface area contributed by atoms with Crippen LogP contribution in [-0.2, 0) is 4.79 Å². The van der Waals surface area contributed by atoms with Crippen LogP contribution in [0.25, 0.3) is 0 Å². The van der Waals surface area contributed by atoms with E-state index in [9.17, 15) is 9.59 Å². The summed E-state index contributed by atoms with van der Waals surface area (Å²) >= 11 is 5.92. The van der Waals surface area contributed by atoms with Gasteiger partial charge in [-0.2, -0.15) is 0 Å². The molecular weight excluding hydrogens is 292 g/mol. The standard InChI is InChI=1S/C15H19ClN2O3/c1-4-8-17(11(2)3)15(21)18(10-14(19)20)13-7-5-6-12(16)9-13/h4-7,9,11H,1,8,10H2,2-3H3,(H,19,20). The van der Waals surface area contributed by atoms with Gasteiger partial charge in [0, 0.05) is 23.3 Å². The molecule has 2 amide bonds. The molecule has 114 valence electrons. The van der Waals surface area contributed by atoms with Crippen molar-refractivity contribution in [3.63, 3.8) is 0 Å². The van der Waals surface area contributed by atoms with E-state index in [1.165, 1.54) is 9.80 Å². The third-order valence-electron chi connectivity index (χ3n) is 2.84. The zero-order valence-electron chi connectivity index (χ0n) is 12.1. The van der Waals surface area contributed by atoms with Crippen LogP contribution in [-0.4, -0.2) is 41.1 Å². The van der Waals surface area contributed by atoms with Crippen LogP contribution >= 0.6 is 11.6 Å². The van der Waals surface area contributed by atoms with Gasteiger partial charge in [-0.05, 0) is 32.0 Å². The number of urea groups is 1. The topological polar surface area (TPSA) is 60.9 Å². The predicted molar refractivity (Wildman–Crippen MR) is 83.9 cm³/mol. The normalized spacial score (nSPS) is 10.3. The first-order valence-electron chi connectivity index (χ1n) is 6.53. The zero-order chi connectivity index (χ0) is 16.0. The first-order valence-corrected chi connectivity index (χ1v) is 6.91. The fraction of sp³-hybridized carbons (Fsp3) is 0.333. The summed E-state index contributed by atoms with van der Waals surface area (Å²) in [4.78, 5) is 26.4. The highest BCUT2D eigenvalue weighted by Crippen LogP contribution is 2.21. The Hall–Kier alpha value is -2.01. The lowest BCUT2D eigenvalue weighted by atomic mass is 10.2. The van der Waals surface area contributed by atoms with Crippen LogP contribution in [0.1, 0.15) is 13.8 Å². The maximum Gasteiger partial charge on any atom is 0.325 e. The van der Waals surface area contributed by atoms with Gasteiger partial charge in [-0.25, -0.2) is 4.79 Å². The molecule has 5 nitrogen and oxygen atoms in total. The van der Waals surface area contributed by atoms with Gasteiger partial charge in [0.05, 0.1) is 0 Å². The Morgan fingerprint density at radius 2 is 2.10 bits per heavy atom. The molecule has 0 atom stereocenters. The number of hydrogen-bond acceptors (Lipinski definition) is 2. The highest BCUT2D eigenvalue weighted by atomic mass is 35.5. The fourth-order valence-corrected chi connectivity index (χ4v) is 2.04. The summed E-state index contributed by atoms with van der Waals surface area (Å²) in [5.41, 5.74) is 0.449. The molecule has 0 saturated carbocycles. The second-order valence-electron chi connectivity index (χ2n) is 4.78. The van der Waals surface area contributed by atoms with Gasteiger partial charge in [0.2, 0.25) is 0 Å². The van der Waals surface area contributed by atoms with E-state index in [4.69, 9.17) is 16.7 Å². The molecule has 0 fully saturated rings. The number of carboxylic acids is 1. The third-order valence-corrected chi connectivity index (χ3v) is 3.07. The van der Waals surface area contributed by atoms with Crippen molar-refractivity contribution in [3.05, 3.63) is 41.9 Å². The first kappa shape index (κ1) is 17.0. The number of carbonyl (C=O) groups excluding carboxylic acids is 1. The monoisotopic (exact) mass is 310 g/mol. The molecular formula is C15H19ClN2O3. The summed E-state index contributed by atoms with van der Waals surface area (Å²) in [7, 11) is 0. The number of carbonyl (C=O) groups is 2. The minimum Gasteiger partial charge on any atom is -0.480 e. The molecule has 0 spiro atoms. The van der Waals surface area contributed by atoms with Gasteiger partial charge in [0.15, 0.2) is 0 Å². The van der Waals surface area contributed by atoms with Crippen molar-refractivity contribution in [2.45, 2.75) is 19.9 Å². The molecule has 0 saturated heterocycles. The molecule has 1 aromatic carbocycles. The van der Waals surface area contributed by atoms with Crippen LogP contribution in [0.5, 0.6) is 0 Å². The predicted octanol–water partition coefficient (Wildman–Crippen LogP) is 3.25. The van der Waals surface area contributed by atoms with E-state index in [1.807, 2.05) is 13.8 Å². The molecule has 21 heavy (non-hydrogen) atoms. The number of halogens is 1. The second-order valence-corrected chi connectivity index (χ2v) is 5.21. The average molecular weight is 311 g/mol. The van der Waals surface area contributed by atoms with Crippen molar-refractivity contribution >= 4 is 29.3 Å². The van der Waals surface area contributed by atoms with Gasteiger partial charge in [-0.3, -0.25) is 9.69 Å². The van der Waals surface area contributed by atoms with Crippen molar-refractivity contribution in [1.29, 1.82) is 0 Å². The van der Waals surface area contributed by atoms with Crippen molar-refractivity contribution in [2.75, 3.05) is 18.0 Å². The van der Waals surface area contributed by atoms with E-state index in [-0.39, 0.29) is 6.04 Å². The molecule has 0 aliphatic heterocycles. The second kappa shape index (κ2) is 7.69. The van der Waals surface area contributed by atoms with Crippen LogP contribution in [0.15, 0.2) is 36.9 Å². The molecule has 6 heteroatoms.